The Morgan fingerprint density at radius 3 is 1.87 bits per heavy atom. The topological polar surface area (TPSA) is 53.5 Å². The molecule has 2 N–H and O–H groups in total. The predicted molar refractivity (Wildman–Crippen MR) is 143 cm³/mol. The first-order chi connectivity index (χ1) is 14.8. The van der Waals surface area contributed by atoms with Gasteiger partial charge in [0.1, 0.15) is 0 Å². The fourth-order valence-electron chi connectivity index (χ4n) is 3.33. The molecule has 0 aliphatic carbocycles. The Kier molecular flexibility index (Phi) is 11.3. The standard InChI is InChI=1S/C25H29N3OS.HI/c1-26-25(27-17-18-30(29)20-21-11-5-2-6-12-21)28-19-24(22-13-7-3-8-14-22)23-15-9-4-10-16-23;/h2-16,24H,17-20H2,1H3,(H2,26,27,28);1H. The third-order valence-electron chi connectivity index (χ3n) is 4.89. The minimum Gasteiger partial charge on any atom is -0.355 e. The van der Waals surface area contributed by atoms with Crippen molar-refractivity contribution < 1.29 is 4.21 Å². The second-order valence-corrected chi connectivity index (χ2v) is 8.60. The molecule has 4 nitrogen and oxygen atoms in total. The monoisotopic (exact) mass is 547 g/mol. The smallest absolute Gasteiger partial charge is 0.191 e. The molecule has 164 valence electrons. The quantitative estimate of drug-likeness (QED) is 0.235. The zero-order valence-electron chi connectivity index (χ0n) is 17.7. The second-order valence-electron chi connectivity index (χ2n) is 7.03. The summed E-state index contributed by atoms with van der Waals surface area (Å²) >= 11 is 0. The van der Waals surface area contributed by atoms with Crippen molar-refractivity contribution in [3.63, 3.8) is 0 Å². The maximum atomic E-state index is 12.3. The van der Waals surface area contributed by atoms with Gasteiger partial charge in [0.05, 0.1) is 0 Å². The Balaban J connectivity index is 0.00000341. The second kappa shape index (κ2) is 14.0. The van der Waals surface area contributed by atoms with E-state index < -0.39 is 10.8 Å². The molecule has 3 aromatic rings. The van der Waals surface area contributed by atoms with E-state index in [-0.39, 0.29) is 29.9 Å². The van der Waals surface area contributed by atoms with E-state index in [9.17, 15) is 4.21 Å². The van der Waals surface area contributed by atoms with E-state index in [2.05, 4.69) is 64.2 Å². The van der Waals surface area contributed by atoms with Crippen molar-refractivity contribution in [1.82, 2.24) is 10.6 Å². The highest BCUT2D eigenvalue weighted by Gasteiger charge is 2.14. The van der Waals surface area contributed by atoms with Gasteiger partial charge in [-0.15, -0.1) is 24.0 Å². The van der Waals surface area contributed by atoms with E-state index in [1.165, 1.54) is 11.1 Å². The van der Waals surface area contributed by atoms with Gasteiger partial charge in [-0.05, 0) is 16.7 Å². The first kappa shape index (κ1) is 25.1. The molecule has 0 aliphatic rings. The van der Waals surface area contributed by atoms with Crippen LogP contribution in [0.5, 0.6) is 0 Å². The Hall–Kier alpha value is -2.19. The van der Waals surface area contributed by atoms with E-state index in [4.69, 9.17) is 0 Å². The number of rotatable bonds is 9. The van der Waals surface area contributed by atoms with Gasteiger partial charge in [0.2, 0.25) is 0 Å². The van der Waals surface area contributed by atoms with Gasteiger partial charge in [0, 0.05) is 48.4 Å². The van der Waals surface area contributed by atoms with Crippen LogP contribution in [0.4, 0.5) is 0 Å². The first-order valence-electron chi connectivity index (χ1n) is 10.2. The van der Waals surface area contributed by atoms with Crippen molar-refractivity contribution in [2.45, 2.75) is 11.7 Å². The van der Waals surface area contributed by atoms with Crippen molar-refractivity contribution in [2.75, 3.05) is 25.9 Å². The number of hydrogen-bond donors (Lipinski definition) is 2. The average Bonchev–Trinajstić information content (AvgIpc) is 2.80. The van der Waals surface area contributed by atoms with E-state index in [0.29, 0.717) is 18.1 Å². The van der Waals surface area contributed by atoms with Crippen LogP contribution < -0.4 is 10.6 Å². The number of nitrogens with zero attached hydrogens (tertiary/aromatic N) is 1. The van der Waals surface area contributed by atoms with Gasteiger partial charge < -0.3 is 10.6 Å². The summed E-state index contributed by atoms with van der Waals surface area (Å²) in [4.78, 5) is 4.32. The van der Waals surface area contributed by atoms with E-state index >= 15 is 0 Å². The molecule has 0 saturated heterocycles. The first-order valence-corrected chi connectivity index (χ1v) is 11.7. The molecule has 31 heavy (non-hydrogen) atoms. The van der Waals surface area contributed by atoms with Crippen LogP contribution in [0, 0.1) is 0 Å². The molecule has 1 unspecified atom stereocenters. The number of nitrogens with one attached hydrogen (secondary N) is 2. The number of hydrogen-bond acceptors (Lipinski definition) is 2. The number of guanidine groups is 1. The summed E-state index contributed by atoms with van der Waals surface area (Å²) in [6.45, 7) is 1.33. The largest absolute Gasteiger partial charge is 0.355 e. The summed E-state index contributed by atoms with van der Waals surface area (Å²) in [7, 11) is 0.853. The van der Waals surface area contributed by atoms with Crippen LogP contribution in [0.25, 0.3) is 0 Å². The Labute approximate surface area is 205 Å². The molecule has 6 heteroatoms. The minimum atomic E-state index is -0.907. The number of benzene rings is 3. The molecule has 0 bridgehead atoms. The molecule has 0 heterocycles. The van der Waals surface area contributed by atoms with Gasteiger partial charge in [0.25, 0.3) is 0 Å². The zero-order chi connectivity index (χ0) is 21.0. The van der Waals surface area contributed by atoms with Crippen LogP contribution in [0.2, 0.25) is 0 Å². The molecule has 0 radical (unpaired) electrons. The van der Waals surface area contributed by atoms with Gasteiger partial charge >= 0.3 is 0 Å². The lowest BCUT2D eigenvalue weighted by atomic mass is 9.91. The van der Waals surface area contributed by atoms with Crippen LogP contribution in [0.1, 0.15) is 22.6 Å². The summed E-state index contributed by atoms with van der Waals surface area (Å²) < 4.78 is 12.3. The molecule has 0 amide bonds. The van der Waals surface area contributed by atoms with Crippen molar-refractivity contribution in [1.29, 1.82) is 0 Å². The lowest BCUT2D eigenvalue weighted by Gasteiger charge is -2.20. The normalized spacial score (nSPS) is 12.1. The van der Waals surface area contributed by atoms with Gasteiger partial charge in [-0.25, -0.2) is 0 Å². The summed E-state index contributed by atoms with van der Waals surface area (Å²) in [6.07, 6.45) is 0. The molecular formula is C25H30IN3OS. The van der Waals surface area contributed by atoms with Gasteiger partial charge in [0.15, 0.2) is 5.96 Å². The number of halogens is 1. The molecular weight excluding hydrogens is 517 g/mol. The van der Waals surface area contributed by atoms with E-state index in [1.807, 2.05) is 42.5 Å². The van der Waals surface area contributed by atoms with Crippen molar-refractivity contribution in [3.8, 4) is 0 Å². The van der Waals surface area contributed by atoms with Crippen molar-refractivity contribution >= 4 is 40.7 Å². The van der Waals surface area contributed by atoms with Gasteiger partial charge in [-0.2, -0.15) is 0 Å². The summed E-state index contributed by atoms with van der Waals surface area (Å²) in [5, 5.41) is 6.72. The fourth-order valence-corrected chi connectivity index (χ4v) is 4.37. The Morgan fingerprint density at radius 2 is 1.35 bits per heavy atom. The molecule has 3 rings (SSSR count). The zero-order valence-corrected chi connectivity index (χ0v) is 20.9. The number of aliphatic imine (C=N–C) groups is 1. The molecule has 0 spiro atoms. The predicted octanol–water partition coefficient (Wildman–Crippen LogP) is 4.55. The highest BCUT2D eigenvalue weighted by molar-refractivity contribution is 14.0. The summed E-state index contributed by atoms with van der Waals surface area (Å²) in [5.74, 6) is 2.11. The van der Waals surface area contributed by atoms with Gasteiger partial charge in [-0.3, -0.25) is 9.20 Å². The maximum Gasteiger partial charge on any atom is 0.191 e. The molecule has 0 fully saturated rings. The van der Waals surface area contributed by atoms with Crippen LogP contribution in [0.3, 0.4) is 0 Å². The molecule has 3 aromatic carbocycles. The van der Waals surface area contributed by atoms with Crippen LogP contribution in [0.15, 0.2) is 96.0 Å². The van der Waals surface area contributed by atoms with E-state index in [0.717, 1.165) is 18.1 Å². The van der Waals surface area contributed by atoms with Crippen LogP contribution in [-0.4, -0.2) is 36.1 Å². The SMILES string of the molecule is CN=C(NCCS(=O)Cc1ccccc1)NCC(c1ccccc1)c1ccccc1.I. The highest BCUT2D eigenvalue weighted by atomic mass is 127. The van der Waals surface area contributed by atoms with Crippen molar-refractivity contribution in [3.05, 3.63) is 108 Å². The fraction of sp³-hybridized carbons (Fsp3) is 0.240. The lowest BCUT2D eigenvalue weighted by molar-refractivity contribution is 0.680. The summed E-state index contributed by atoms with van der Waals surface area (Å²) in [5.41, 5.74) is 3.62. The molecule has 0 saturated carbocycles. The molecule has 0 aliphatic heterocycles. The van der Waals surface area contributed by atoms with Crippen LogP contribution in [-0.2, 0) is 16.6 Å². The van der Waals surface area contributed by atoms with Crippen LogP contribution >= 0.6 is 24.0 Å². The van der Waals surface area contributed by atoms with E-state index in [1.54, 1.807) is 7.05 Å². The molecule has 1 atom stereocenters. The van der Waals surface area contributed by atoms with Gasteiger partial charge in [-0.1, -0.05) is 91.0 Å². The maximum absolute atomic E-state index is 12.3. The third kappa shape index (κ3) is 8.45. The summed E-state index contributed by atoms with van der Waals surface area (Å²) in [6, 6.07) is 30.9. The lowest BCUT2D eigenvalue weighted by Crippen LogP contribution is -2.41. The highest BCUT2D eigenvalue weighted by Crippen LogP contribution is 2.23. The molecule has 0 aromatic heterocycles. The Morgan fingerprint density at radius 1 is 0.839 bits per heavy atom. The average molecular weight is 548 g/mol. The Bertz CT molecular complexity index is 897. The van der Waals surface area contributed by atoms with Crippen molar-refractivity contribution in [2.24, 2.45) is 4.99 Å². The third-order valence-corrected chi connectivity index (χ3v) is 6.21. The minimum absolute atomic E-state index is 0.